The Morgan fingerprint density at radius 1 is 1.15 bits per heavy atom. The van der Waals surface area contributed by atoms with Gasteiger partial charge in [0.05, 0.1) is 18.4 Å². The minimum absolute atomic E-state index is 0.150. The van der Waals surface area contributed by atoms with Gasteiger partial charge in [0, 0.05) is 12.1 Å². The maximum atomic E-state index is 13.7. The van der Waals surface area contributed by atoms with Gasteiger partial charge in [-0.15, -0.1) is 0 Å². The van der Waals surface area contributed by atoms with Crippen molar-refractivity contribution in [3.63, 3.8) is 0 Å². The maximum absolute atomic E-state index is 13.7. The molecule has 0 aliphatic heterocycles. The maximum Gasteiger partial charge on any atom is 0.258 e. The highest BCUT2D eigenvalue weighted by molar-refractivity contribution is 6.04. The molecule has 0 radical (unpaired) electrons. The van der Waals surface area contributed by atoms with Gasteiger partial charge < -0.3 is 15.2 Å². The molecule has 0 spiro atoms. The predicted molar refractivity (Wildman–Crippen MR) is 69.0 cm³/mol. The van der Waals surface area contributed by atoms with Crippen molar-refractivity contribution in [1.82, 2.24) is 0 Å². The Labute approximate surface area is 113 Å². The van der Waals surface area contributed by atoms with E-state index >= 15 is 0 Å². The molecule has 0 aliphatic rings. The normalized spacial score (nSPS) is 10.2. The van der Waals surface area contributed by atoms with E-state index in [2.05, 4.69) is 5.32 Å². The van der Waals surface area contributed by atoms with Gasteiger partial charge in [0.1, 0.15) is 23.1 Å². The van der Waals surface area contributed by atoms with Gasteiger partial charge in [-0.3, -0.25) is 4.79 Å². The quantitative estimate of drug-likeness (QED) is 0.849. The number of phenols is 1. The number of aromatic hydroxyl groups is 1. The molecule has 0 bridgehead atoms. The lowest BCUT2D eigenvalue weighted by molar-refractivity contribution is 0.102. The summed E-state index contributed by atoms with van der Waals surface area (Å²) in [5.74, 6) is -2.38. The molecule has 2 aromatic carbocycles. The van der Waals surface area contributed by atoms with Gasteiger partial charge in [0.25, 0.3) is 5.91 Å². The van der Waals surface area contributed by atoms with E-state index in [0.717, 1.165) is 12.1 Å². The van der Waals surface area contributed by atoms with E-state index in [4.69, 9.17) is 9.84 Å². The highest BCUT2D eigenvalue weighted by Gasteiger charge is 2.14. The van der Waals surface area contributed by atoms with Crippen molar-refractivity contribution in [3.05, 3.63) is 53.6 Å². The molecular weight excluding hydrogens is 268 g/mol. The van der Waals surface area contributed by atoms with Crippen LogP contribution in [0.3, 0.4) is 0 Å². The van der Waals surface area contributed by atoms with E-state index in [0.29, 0.717) is 0 Å². The second-order valence-electron chi connectivity index (χ2n) is 3.96. The summed E-state index contributed by atoms with van der Waals surface area (Å²) in [6.07, 6.45) is 0. The van der Waals surface area contributed by atoms with Gasteiger partial charge in [0.2, 0.25) is 0 Å². The summed E-state index contributed by atoms with van der Waals surface area (Å²) in [7, 11) is 1.38. The van der Waals surface area contributed by atoms with Gasteiger partial charge >= 0.3 is 0 Å². The molecule has 2 N–H and O–H groups in total. The van der Waals surface area contributed by atoms with Gasteiger partial charge in [-0.05, 0) is 24.3 Å². The average molecular weight is 279 g/mol. The number of anilines is 1. The summed E-state index contributed by atoms with van der Waals surface area (Å²) in [4.78, 5) is 11.9. The van der Waals surface area contributed by atoms with Crippen molar-refractivity contribution < 1.29 is 23.4 Å². The van der Waals surface area contributed by atoms with Crippen LogP contribution in [-0.4, -0.2) is 18.1 Å². The van der Waals surface area contributed by atoms with Crippen LogP contribution in [0.5, 0.6) is 11.5 Å². The van der Waals surface area contributed by atoms with Crippen LogP contribution in [0.15, 0.2) is 36.4 Å². The molecule has 0 heterocycles. The van der Waals surface area contributed by atoms with Gasteiger partial charge in [-0.1, -0.05) is 0 Å². The number of methoxy groups -OCH3 is 1. The van der Waals surface area contributed by atoms with E-state index in [-0.39, 0.29) is 22.7 Å². The van der Waals surface area contributed by atoms with Crippen molar-refractivity contribution in [1.29, 1.82) is 0 Å². The number of hydrogen-bond acceptors (Lipinski definition) is 3. The number of ether oxygens (including phenoxy) is 1. The summed E-state index contributed by atoms with van der Waals surface area (Å²) in [5.41, 5.74) is -0.388. The van der Waals surface area contributed by atoms with Crippen molar-refractivity contribution >= 4 is 11.6 Å². The van der Waals surface area contributed by atoms with Crippen LogP contribution >= 0.6 is 0 Å². The number of halogens is 2. The van der Waals surface area contributed by atoms with E-state index in [1.54, 1.807) is 0 Å². The Kier molecular flexibility index (Phi) is 3.84. The summed E-state index contributed by atoms with van der Waals surface area (Å²) in [5, 5.41) is 11.3. The molecule has 0 saturated carbocycles. The Hall–Kier alpha value is -2.63. The van der Waals surface area contributed by atoms with Gasteiger partial charge in [-0.2, -0.15) is 0 Å². The molecule has 2 rings (SSSR count). The number of nitrogens with one attached hydrogen (secondary N) is 1. The fourth-order valence-electron chi connectivity index (χ4n) is 1.60. The largest absolute Gasteiger partial charge is 0.508 e. The van der Waals surface area contributed by atoms with Crippen LogP contribution in [0, 0.1) is 11.6 Å². The number of hydrogen-bond donors (Lipinski definition) is 2. The summed E-state index contributed by atoms with van der Waals surface area (Å²) >= 11 is 0. The summed E-state index contributed by atoms with van der Waals surface area (Å²) in [6.45, 7) is 0. The van der Waals surface area contributed by atoms with Crippen LogP contribution in [-0.2, 0) is 0 Å². The fraction of sp³-hybridized carbons (Fsp3) is 0.0714. The van der Waals surface area contributed by atoms with Crippen LogP contribution in [0.2, 0.25) is 0 Å². The van der Waals surface area contributed by atoms with E-state index < -0.39 is 17.5 Å². The fourth-order valence-corrected chi connectivity index (χ4v) is 1.60. The first kappa shape index (κ1) is 13.8. The van der Waals surface area contributed by atoms with Crippen molar-refractivity contribution in [3.8, 4) is 11.5 Å². The SMILES string of the molecule is COc1ccc(C(=O)Nc2ccc(O)cc2F)c(F)c1. The van der Waals surface area contributed by atoms with Crippen LogP contribution < -0.4 is 10.1 Å². The minimum Gasteiger partial charge on any atom is -0.508 e. The molecule has 104 valence electrons. The standard InChI is InChI=1S/C14H11F2NO3/c1-20-9-3-4-10(11(15)7-9)14(19)17-13-5-2-8(18)6-12(13)16/h2-7,18H,1H3,(H,17,19). The zero-order valence-corrected chi connectivity index (χ0v) is 10.5. The minimum atomic E-state index is -0.813. The molecule has 4 nitrogen and oxygen atoms in total. The molecule has 20 heavy (non-hydrogen) atoms. The first-order valence-electron chi connectivity index (χ1n) is 5.64. The molecule has 0 atom stereocenters. The summed E-state index contributed by atoms with van der Waals surface area (Å²) < 4.78 is 32.0. The number of benzene rings is 2. The lowest BCUT2D eigenvalue weighted by Crippen LogP contribution is -2.14. The number of carbonyl (C=O) groups is 1. The monoisotopic (exact) mass is 279 g/mol. The lowest BCUT2D eigenvalue weighted by atomic mass is 10.2. The second-order valence-corrected chi connectivity index (χ2v) is 3.96. The first-order valence-corrected chi connectivity index (χ1v) is 5.64. The van der Waals surface area contributed by atoms with Crippen molar-refractivity contribution in [2.75, 3.05) is 12.4 Å². The van der Waals surface area contributed by atoms with Gasteiger partial charge in [0.15, 0.2) is 0 Å². The highest BCUT2D eigenvalue weighted by Crippen LogP contribution is 2.21. The Balaban J connectivity index is 2.24. The van der Waals surface area contributed by atoms with Crippen LogP contribution in [0.4, 0.5) is 14.5 Å². The van der Waals surface area contributed by atoms with Crippen molar-refractivity contribution in [2.24, 2.45) is 0 Å². The highest BCUT2D eigenvalue weighted by atomic mass is 19.1. The van der Waals surface area contributed by atoms with Crippen LogP contribution in [0.1, 0.15) is 10.4 Å². The first-order chi connectivity index (χ1) is 9.51. The third kappa shape index (κ3) is 2.85. The lowest BCUT2D eigenvalue weighted by Gasteiger charge is -2.08. The molecule has 1 amide bonds. The zero-order chi connectivity index (χ0) is 14.7. The van der Waals surface area contributed by atoms with E-state index in [1.165, 1.54) is 31.4 Å². The van der Waals surface area contributed by atoms with E-state index in [1.807, 2.05) is 0 Å². The second kappa shape index (κ2) is 5.56. The predicted octanol–water partition coefficient (Wildman–Crippen LogP) is 2.93. The Morgan fingerprint density at radius 2 is 1.90 bits per heavy atom. The Morgan fingerprint density at radius 3 is 2.50 bits per heavy atom. The smallest absolute Gasteiger partial charge is 0.258 e. The van der Waals surface area contributed by atoms with E-state index in [9.17, 15) is 13.6 Å². The average Bonchev–Trinajstić information content (AvgIpc) is 2.41. The van der Waals surface area contributed by atoms with Crippen molar-refractivity contribution in [2.45, 2.75) is 0 Å². The molecule has 0 unspecified atom stereocenters. The molecular formula is C14H11F2NO3. The number of amides is 1. The third-order valence-electron chi connectivity index (χ3n) is 2.62. The number of carbonyl (C=O) groups excluding carboxylic acids is 1. The zero-order valence-electron chi connectivity index (χ0n) is 10.5. The molecule has 0 saturated heterocycles. The molecule has 0 aromatic heterocycles. The molecule has 0 fully saturated rings. The molecule has 0 aliphatic carbocycles. The Bertz CT molecular complexity index is 659. The topological polar surface area (TPSA) is 58.6 Å². The molecule has 2 aromatic rings. The summed E-state index contributed by atoms with van der Waals surface area (Å²) in [6, 6.07) is 6.96. The van der Waals surface area contributed by atoms with Crippen LogP contribution in [0.25, 0.3) is 0 Å². The third-order valence-corrected chi connectivity index (χ3v) is 2.62. The van der Waals surface area contributed by atoms with Gasteiger partial charge in [-0.25, -0.2) is 8.78 Å². The molecule has 6 heteroatoms. The number of rotatable bonds is 3. The number of phenolic OH excluding ortho intramolecular Hbond substituents is 1.